The van der Waals surface area contributed by atoms with Crippen molar-refractivity contribution in [2.45, 2.75) is 64.8 Å². The maximum atomic E-state index is 3.64. The van der Waals surface area contributed by atoms with Crippen molar-refractivity contribution in [1.82, 2.24) is 10.2 Å². The SMILES string of the molecule is CC(C)N(C)CCCCNCC1CCCCC1. The van der Waals surface area contributed by atoms with Gasteiger partial charge in [-0.1, -0.05) is 19.3 Å². The first kappa shape index (κ1) is 15.0. The van der Waals surface area contributed by atoms with Gasteiger partial charge in [-0.15, -0.1) is 0 Å². The molecule has 0 heterocycles. The van der Waals surface area contributed by atoms with E-state index in [1.165, 1.54) is 64.6 Å². The monoisotopic (exact) mass is 240 g/mol. The van der Waals surface area contributed by atoms with E-state index in [1.54, 1.807) is 0 Å². The number of hydrogen-bond acceptors (Lipinski definition) is 2. The van der Waals surface area contributed by atoms with Crippen molar-refractivity contribution in [3.05, 3.63) is 0 Å². The predicted molar refractivity (Wildman–Crippen MR) is 76.4 cm³/mol. The zero-order valence-corrected chi connectivity index (χ0v) is 12.2. The molecule has 1 N–H and O–H groups in total. The highest BCUT2D eigenvalue weighted by Gasteiger charge is 2.12. The highest BCUT2D eigenvalue weighted by molar-refractivity contribution is 4.68. The molecule has 1 aliphatic rings. The summed E-state index contributed by atoms with van der Waals surface area (Å²) in [6.07, 6.45) is 9.97. The third-order valence-electron chi connectivity index (χ3n) is 4.15. The summed E-state index contributed by atoms with van der Waals surface area (Å²) in [5, 5.41) is 3.64. The molecule has 2 nitrogen and oxygen atoms in total. The van der Waals surface area contributed by atoms with Crippen molar-refractivity contribution >= 4 is 0 Å². The van der Waals surface area contributed by atoms with Crippen molar-refractivity contribution in [1.29, 1.82) is 0 Å². The van der Waals surface area contributed by atoms with Gasteiger partial charge in [0.15, 0.2) is 0 Å². The van der Waals surface area contributed by atoms with Crippen LogP contribution in [0.25, 0.3) is 0 Å². The second-order valence-electron chi connectivity index (χ2n) is 5.99. The zero-order valence-electron chi connectivity index (χ0n) is 12.2. The Morgan fingerprint density at radius 2 is 1.82 bits per heavy atom. The van der Waals surface area contributed by atoms with Crippen molar-refractivity contribution in [2.24, 2.45) is 5.92 Å². The van der Waals surface area contributed by atoms with Gasteiger partial charge in [-0.3, -0.25) is 0 Å². The van der Waals surface area contributed by atoms with Crippen LogP contribution in [0.5, 0.6) is 0 Å². The van der Waals surface area contributed by atoms with E-state index >= 15 is 0 Å². The lowest BCUT2D eigenvalue weighted by molar-refractivity contribution is 0.267. The Hall–Kier alpha value is -0.0800. The lowest BCUT2D eigenvalue weighted by atomic mass is 9.89. The standard InChI is InChI=1S/C15H32N2/c1-14(2)17(3)12-8-7-11-16-13-15-9-5-4-6-10-15/h14-16H,4-13H2,1-3H3. The normalized spacial score (nSPS) is 18.2. The molecule has 0 aliphatic heterocycles. The summed E-state index contributed by atoms with van der Waals surface area (Å²) in [5.41, 5.74) is 0. The molecule has 0 radical (unpaired) electrons. The Labute approximate surface area is 108 Å². The molecule has 0 bridgehead atoms. The maximum Gasteiger partial charge on any atom is 0.00355 e. The topological polar surface area (TPSA) is 15.3 Å². The van der Waals surface area contributed by atoms with Crippen LogP contribution in [0.1, 0.15) is 58.8 Å². The second-order valence-corrected chi connectivity index (χ2v) is 5.99. The van der Waals surface area contributed by atoms with Crippen LogP contribution in [0, 0.1) is 5.92 Å². The first-order valence-electron chi connectivity index (χ1n) is 7.61. The van der Waals surface area contributed by atoms with Crippen LogP contribution in [-0.2, 0) is 0 Å². The van der Waals surface area contributed by atoms with Gasteiger partial charge in [0.25, 0.3) is 0 Å². The molecule has 0 aromatic heterocycles. The molecule has 0 amide bonds. The molecule has 2 heteroatoms. The molecule has 0 unspecified atom stereocenters. The van der Waals surface area contributed by atoms with E-state index in [9.17, 15) is 0 Å². The number of rotatable bonds is 8. The summed E-state index contributed by atoms with van der Waals surface area (Å²) in [7, 11) is 2.22. The highest BCUT2D eigenvalue weighted by Crippen LogP contribution is 2.22. The van der Waals surface area contributed by atoms with E-state index in [4.69, 9.17) is 0 Å². The van der Waals surface area contributed by atoms with Gasteiger partial charge in [0.2, 0.25) is 0 Å². The smallest absolute Gasteiger partial charge is 0.00355 e. The maximum absolute atomic E-state index is 3.64. The van der Waals surface area contributed by atoms with Gasteiger partial charge >= 0.3 is 0 Å². The van der Waals surface area contributed by atoms with Gasteiger partial charge < -0.3 is 10.2 Å². The minimum Gasteiger partial charge on any atom is -0.316 e. The third kappa shape index (κ3) is 7.05. The predicted octanol–water partition coefficient (Wildman–Crippen LogP) is 3.28. The first-order chi connectivity index (χ1) is 8.20. The molecular weight excluding hydrogens is 208 g/mol. The Morgan fingerprint density at radius 1 is 1.12 bits per heavy atom. The fraction of sp³-hybridized carbons (Fsp3) is 1.00. The summed E-state index contributed by atoms with van der Waals surface area (Å²) in [6.45, 7) is 8.24. The molecule has 1 saturated carbocycles. The quantitative estimate of drug-likeness (QED) is 0.655. The Kier molecular flexibility index (Phi) is 7.87. The van der Waals surface area contributed by atoms with Crippen LogP contribution >= 0.6 is 0 Å². The number of hydrogen-bond donors (Lipinski definition) is 1. The molecule has 102 valence electrons. The van der Waals surface area contributed by atoms with Crippen molar-refractivity contribution in [3.63, 3.8) is 0 Å². The van der Waals surface area contributed by atoms with Crippen LogP contribution in [0.3, 0.4) is 0 Å². The van der Waals surface area contributed by atoms with E-state index in [-0.39, 0.29) is 0 Å². The van der Waals surface area contributed by atoms with Crippen LogP contribution in [0.2, 0.25) is 0 Å². The largest absolute Gasteiger partial charge is 0.316 e. The van der Waals surface area contributed by atoms with E-state index in [2.05, 4.69) is 31.1 Å². The molecule has 0 aromatic rings. The van der Waals surface area contributed by atoms with Gasteiger partial charge in [0, 0.05) is 6.04 Å². The molecule has 1 rings (SSSR count). The number of nitrogens with zero attached hydrogens (tertiary/aromatic N) is 1. The van der Waals surface area contributed by atoms with Gasteiger partial charge in [-0.25, -0.2) is 0 Å². The molecular formula is C15H32N2. The van der Waals surface area contributed by atoms with Gasteiger partial charge in [0.1, 0.15) is 0 Å². The van der Waals surface area contributed by atoms with Crippen LogP contribution < -0.4 is 5.32 Å². The molecule has 0 aromatic carbocycles. The molecule has 0 spiro atoms. The van der Waals surface area contributed by atoms with Crippen LogP contribution in [0.4, 0.5) is 0 Å². The van der Waals surface area contributed by atoms with Gasteiger partial charge in [-0.05, 0) is 72.1 Å². The third-order valence-corrected chi connectivity index (χ3v) is 4.15. The molecule has 0 atom stereocenters. The molecule has 0 saturated heterocycles. The average molecular weight is 240 g/mol. The Bertz CT molecular complexity index is 174. The Balaban J connectivity index is 1.87. The Morgan fingerprint density at radius 3 is 2.47 bits per heavy atom. The fourth-order valence-corrected chi connectivity index (χ4v) is 2.57. The van der Waals surface area contributed by atoms with E-state index in [1.807, 2.05) is 0 Å². The molecule has 1 fully saturated rings. The molecule has 1 aliphatic carbocycles. The number of unbranched alkanes of at least 4 members (excludes halogenated alkanes) is 1. The van der Waals surface area contributed by atoms with E-state index in [0.29, 0.717) is 6.04 Å². The van der Waals surface area contributed by atoms with E-state index < -0.39 is 0 Å². The molecule has 17 heavy (non-hydrogen) atoms. The van der Waals surface area contributed by atoms with Crippen molar-refractivity contribution < 1.29 is 0 Å². The highest BCUT2D eigenvalue weighted by atomic mass is 15.1. The summed E-state index contributed by atoms with van der Waals surface area (Å²) in [5.74, 6) is 0.974. The summed E-state index contributed by atoms with van der Waals surface area (Å²) in [6, 6.07) is 0.685. The second kappa shape index (κ2) is 8.93. The fourth-order valence-electron chi connectivity index (χ4n) is 2.57. The summed E-state index contributed by atoms with van der Waals surface area (Å²) < 4.78 is 0. The zero-order chi connectivity index (χ0) is 12.5. The van der Waals surface area contributed by atoms with Crippen molar-refractivity contribution in [3.8, 4) is 0 Å². The van der Waals surface area contributed by atoms with Gasteiger partial charge in [-0.2, -0.15) is 0 Å². The summed E-state index contributed by atoms with van der Waals surface area (Å²) >= 11 is 0. The minimum absolute atomic E-state index is 0.685. The van der Waals surface area contributed by atoms with Crippen LogP contribution in [-0.4, -0.2) is 37.6 Å². The summed E-state index contributed by atoms with van der Waals surface area (Å²) in [4.78, 5) is 2.43. The average Bonchev–Trinajstić information content (AvgIpc) is 2.34. The lowest BCUT2D eigenvalue weighted by Gasteiger charge is -2.22. The van der Waals surface area contributed by atoms with Crippen LogP contribution in [0.15, 0.2) is 0 Å². The van der Waals surface area contributed by atoms with E-state index in [0.717, 1.165) is 5.92 Å². The lowest BCUT2D eigenvalue weighted by Crippen LogP contribution is -2.29. The van der Waals surface area contributed by atoms with Crippen molar-refractivity contribution in [2.75, 3.05) is 26.7 Å². The minimum atomic E-state index is 0.685. The van der Waals surface area contributed by atoms with Gasteiger partial charge in [0.05, 0.1) is 0 Å². The first-order valence-corrected chi connectivity index (χ1v) is 7.61. The number of nitrogens with one attached hydrogen (secondary N) is 1.